The molecular formula is C13H23NO3S. The molecule has 18 heavy (non-hydrogen) atoms. The minimum absolute atomic E-state index is 0.216. The van der Waals surface area contributed by atoms with Gasteiger partial charge in [-0.15, -0.1) is 0 Å². The first-order valence-corrected chi connectivity index (χ1v) is 7.16. The molecule has 0 aromatic carbocycles. The molecule has 1 amide bonds. The van der Waals surface area contributed by atoms with E-state index in [2.05, 4.69) is 6.92 Å². The molecule has 0 saturated heterocycles. The summed E-state index contributed by atoms with van der Waals surface area (Å²) in [4.78, 5) is 10.6. The molecule has 0 aliphatic heterocycles. The Bertz CT molecular complexity index is 342. The molecular weight excluding hydrogens is 250 g/mol. The fraction of sp³-hybridized carbons (Fsp3) is 0.538. The highest BCUT2D eigenvalue weighted by atomic mass is 32.2. The number of hydrogen-bond acceptors (Lipinski definition) is 3. The number of primary amides is 1. The molecule has 2 N–H and O–H groups in total. The second-order valence-corrected chi connectivity index (χ2v) is 5.64. The maximum Gasteiger partial charge on any atom is 0.221 e. The fourth-order valence-corrected chi connectivity index (χ4v) is 2.37. The number of methoxy groups -OCH3 is 1. The third-order valence-electron chi connectivity index (χ3n) is 2.18. The average Bonchev–Trinajstić information content (AvgIpc) is 2.34. The van der Waals surface area contributed by atoms with E-state index in [4.69, 9.17) is 14.7 Å². The Hall–Kier alpha value is -0.910. The largest absolute Gasteiger partial charge is 0.369 e. The third-order valence-corrected chi connectivity index (χ3v) is 3.86. The van der Waals surface area contributed by atoms with E-state index in [0.29, 0.717) is 0 Å². The summed E-state index contributed by atoms with van der Waals surface area (Å²) < 4.78 is 10.6. The van der Waals surface area contributed by atoms with Gasteiger partial charge >= 0.3 is 0 Å². The average molecular weight is 273 g/mol. The van der Waals surface area contributed by atoms with Crippen LogP contribution in [-0.4, -0.2) is 30.9 Å². The molecule has 5 heteroatoms. The first-order chi connectivity index (χ1) is 8.54. The summed E-state index contributed by atoms with van der Waals surface area (Å²) in [6.07, 6.45) is 7.92. The zero-order chi connectivity index (χ0) is 14.0. The third kappa shape index (κ3) is 7.42. The van der Waals surface area contributed by atoms with E-state index in [9.17, 15) is 4.79 Å². The van der Waals surface area contributed by atoms with Crippen LogP contribution in [0.15, 0.2) is 24.3 Å². The minimum Gasteiger partial charge on any atom is -0.369 e. The lowest BCUT2D eigenvalue weighted by molar-refractivity contribution is -0.117. The van der Waals surface area contributed by atoms with E-state index >= 15 is 0 Å². The van der Waals surface area contributed by atoms with Crippen molar-refractivity contribution >= 4 is 21.7 Å². The summed E-state index contributed by atoms with van der Waals surface area (Å²) >= 11 is 0. The Balaban J connectivity index is 4.56. The predicted octanol–water partition coefficient (Wildman–Crippen LogP) is 2.24. The van der Waals surface area contributed by atoms with E-state index in [1.54, 1.807) is 20.3 Å². The normalized spacial score (nSPS) is 16.1. The Kier molecular flexibility index (Phi) is 9.55. The number of rotatable bonds is 7. The maximum absolute atomic E-state index is 10.6. The monoisotopic (exact) mass is 273 g/mol. The molecule has 0 bridgehead atoms. The molecule has 4 nitrogen and oxygen atoms in total. The molecule has 0 aromatic heterocycles. The summed E-state index contributed by atoms with van der Waals surface area (Å²) in [7, 11) is 3.02. The molecule has 0 aromatic rings. The SMILES string of the molecule is CC/S(OC)=C(\C=C/C(C)/C=C\CC(N)=O)OC. The molecule has 0 radical (unpaired) electrons. The van der Waals surface area contributed by atoms with E-state index < -0.39 is 0 Å². The van der Waals surface area contributed by atoms with Gasteiger partial charge in [-0.25, -0.2) is 0 Å². The number of allylic oxidation sites excluding steroid dienone is 2. The van der Waals surface area contributed by atoms with E-state index in [0.717, 1.165) is 10.8 Å². The number of ether oxygens (including phenoxy) is 1. The molecule has 2 atom stereocenters. The molecule has 0 saturated carbocycles. The molecule has 0 rings (SSSR count). The van der Waals surface area contributed by atoms with Gasteiger partial charge < -0.3 is 14.7 Å². The van der Waals surface area contributed by atoms with Gasteiger partial charge in [0.25, 0.3) is 0 Å². The molecule has 0 aliphatic carbocycles. The second-order valence-electron chi connectivity index (χ2n) is 3.64. The topological polar surface area (TPSA) is 61.5 Å². The highest BCUT2D eigenvalue weighted by Gasteiger charge is 2.00. The zero-order valence-corrected chi connectivity index (χ0v) is 12.3. The van der Waals surface area contributed by atoms with Crippen LogP contribution in [0, 0.1) is 5.92 Å². The Morgan fingerprint density at radius 3 is 2.50 bits per heavy atom. The Morgan fingerprint density at radius 2 is 2.06 bits per heavy atom. The first-order valence-electron chi connectivity index (χ1n) is 5.84. The van der Waals surface area contributed by atoms with E-state index in [1.165, 1.54) is 0 Å². The number of nitrogens with two attached hydrogens (primary N) is 1. The molecule has 0 heterocycles. The van der Waals surface area contributed by atoms with Crippen LogP contribution >= 0.6 is 10.8 Å². The van der Waals surface area contributed by atoms with Crippen molar-refractivity contribution < 1.29 is 13.7 Å². The van der Waals surface area contributed by atoms with Crippen molar-refractivity contribution in [2.45, 2.75) is 20.3 Å². The van der Waals surface area contributed by atoms with Crippen LogP contribution in [0.25, 0.3) is 0 Å². The van der Waals surface area contributed by atoms with Gasteiger partial charge in [0.15, 0.2) is 0 Å². The maximum atomic E-state index is 10.6. The van der Waals surface area contributed by atoms with Crippen LogP contribution in [0.5, 0.6) is 0 Å². The molecule has 0 fully saturated rings. The highest BCUT2D eigenvalue weighted by Crippen LogP contribution is 2.16. The number of carbonyl (C=O) groups is 1. The van der Waals surface area contributed by atoms with Gasteiger partial charge in [-0.3, -0.25) is 4.79 Å². The zero-order valence-electron chi connectivity index (χ0n) is 11.5. The van der Waals surface area contributed by atoms with Crippen LogP contribution in [-0.2, 0) is 13.7 Å². The molecule has 104 valence electrons. The number of hydrogen-bond donors (Lipinski definition) is 1. The molecule has 0 spiro atoms. The molecule has 2 unspecified atom stereocenters. The Morgan fingerprint density at radius 1 is 1.39 bits per heavy atom. The van der Waals surface area contributed by atoms with Gasteiger partial charge in [-0.2, -0.15) is 0 Å². The quantitative estimate of drug-likeness (QED) is 0.439. The van der Waals surface area contributed by atoms with Gasteiger partial charge in [0.05, 0.1) is 0 Å². The molecule has 0 aliphatic rings. The fourth-order valence-electron chi connectivity index (χ4n) is 1.27. The first kappa shape index (κ1) is 17.1. The minimum atomic E-state index is -0.321. The summed E-state index contributed by atoms with van der Waals surface area (Å²) in [6.45, 7) is 4.08. The van der Waals surface area contributed by atoms with Crippen molar-refractivity contribution in [3.63, 3.8) is 0 Å². The summed E-state index contributed by atoms with van der Waals surface area (Å²) in [5, 5.41) is 0.829. The standard InChI is InChI=1S/C13H23NO3S/c1-5-18(17-4)13(16-3)10-9-11(2)7-6-8-12(14)15/h6-7,9-11H,5,8H2,1-4H3,(H2,14,15)/b7-6-,10-9-. The second kappa shape index (κ2) is 10.1. The van der Waals surface area contributed by atoms with Crippen LogP contribution in [0.4, 0.5) is 0 Å². The van der Waals surface area contributed by atoms with Crippen LogP contribution < -0.4 is 5.73 Å². The summed E-state index contributed by atoms with van der Waals surface area (Å²) in [6, 6.07) is 0. The van der Waals surface area contributed by atoms with Crippen molar-refractivity contribution in [3.8, 4) is 0 Å². The van der Waals surface area contributed by atoms with Crippen molar-refractivity contribution in [1.82, 2.24) is 0 Å². The van der Waals surface area contributed by atoms with Gasteiger partial charge in [0.1, 0.15) is 5.05 Å². The summed E-state index contributed by atoms with van der Waals surface area (Å²) in [5.41, 5.74) is 5.05. The van der Waals surface area contributed by atoms with Gasteiger partial charge in [0, 0.05) is 26.4 Å². The smallest absolute Gasteiger partial charge is 0.221 e. The van der Waals surface area contributed by atoms with Crippen molar-refractivity contribution in [2.24, 2.45) is 11.7 Å². The lowest BCUT2D eigenvalue weighted by Crippen LogP contribution is -2.08. The van der Waals surface area contributed by atoms with Crippen molar-refractivity contribution in [2.75, 3.05) is 20.0 Å². The Labute approximate surface area is 112 Å². The van der Waals surface area contributed by atoms with Gasteiger partial charge in [-0.1, -0.05) is 32.1 Å². The van der Waals surface area contributed by atoms with E-state index in [-0.39, 0.29) is 29.0 Å². The van der Waals surface area contributed by atoms with Crippen LogP contribution in [0.2, 0.25) is 0 Å². The number of carbonyl (C=O) groups excluding carboxylic acids is 1. The van der Waals surface area contributed by atoms with Crippen molar-refractivity contribution in [3.05, 3.63) is 24.3 Å². The van der Waals surface area contributed by atoms with Crippen LogP contribution in [0.3, 0.4) is 0 Å². The predicted molar refractivity (Wildman–Crippen MR) is 78.4 cm³/mol. The highest BCUT2D eigenvalue weighted by molar-refractivity contribution is 8.11. The van der Waals surface area contributed by atoms with Gasteiger partial charge in [0.2, 0.25) is 5.91 Å². The number of amides is 1. The lowest BCUT2D eigenvalue weighted by atomic mass is 10.1. The van der Waals surface area contributed by atoms with Gasteiger partial charge in [-0.05, 0) is 22.8 Å². The summed E-state index contributed by atoms with van der Waals surface area (Å²) in [5.74, 6) is 0.780. The van der Waals surface area contributed by atoms with Crippen LogP contribution in [0.1, 0.15) is 20.3 Å². The van der Waals surface area contributed by atoms with Crippen molar-refractivity contribution in [1.29, 1.82) is 0 Å². The lowest BCUT2D eigenvalue weighted by Gasteiger charge is -2.08. The van der Waals surface area contributed by atoms with E-state index in [1.807, 2.05) is 25.2 Å².